The van der Waals surface area contributed by atoms with Crippen molar-refractivity contribution in [1.82, 2.24) is 15.2 Å². The van der Waals surface area contributed by atoms with E-state index in [2.05, 4.69) is 32.7 Å². The van der Waals surface area contributed by atoms with Crippen molar-refractivity contribution < 1.29 is 4.79 Å². The number of pyridine rings is 1. The van der Waals surface area contributed by atoms with Crippen molar-refractivity contribution in [2.24, 2.45) is 4.99 Å². The molecule has 0 aliphatic rings. The van der Waals surface area contributed by atoms with Crippen LogP contribution in [0.3, 0.4) is 0 Å². The maximum atomic E-state index is 12.0. The number of nitrogens with one attached hydrogen (secondary N) is 2. The number of amides is 1. The van der Waals surface area contributed by atoms with E-state index in [0.29, 0.717) is 18.8 Å². The Morgan fingerprint density at radius 1 is 1.15 bits per heavy atom. The highest BCUT2D eigenvalue weighted by atomic mass is 127. The lowest BCUT2D eigenvalue weighted by molar-refractivity contribution is -0.116. The molecule has 26 heavy (non-hydrogen) atoms. The number of aliphatic imine (C=N–C) groups is 1. The van der Waals surface area contributed by atoms with E-state index in [9.17, 15) is 4.79 Å². The Bertz CT molecular complexity index is 721. The van der Waals surface area contributed by atoms with Crippen molar-refractivity contribution in [3.8, 4) is 0 Å². The first-order valence-electron chi connectivity index (χ1n) is 8.27. The van der Waals surface area contributed by atoms with Crippen molar-refractivity contribution in [2.45, 2.75) is 19.9 Å². The van der Waals surface area contributed by atoms with Gasteiger partial charge >= 0.3 is 0 Å². The molecule has 1 aromatic carbocycles. The fraction of sp³-hybridized carbons (Fsp3) is 0.316. The van der Waals surface area contributed by atoms with Crippen LogP contribution in [0.1, 0.15) is 17.7 Å². The van der Waals surface area contributed by atoms with Gasteiger partial charge in [0, 0.05) is 39.3 Å². The Hall–Kier alpha value is -2.16. The molecule has 2 rings (SSSR count). The summed E-state index contributed by atoms with van der Waals surface area (Å²) in [5, 5.41) is 6.01. The van der Waals surface area contributed by atoms with E-state index in [1.165, 1.54) is 5.56 Å². The van der Waals surface area contributed by atoms with Crippen LogP contribution in [-0.2, 0) is 11.3 Å². The quantitative estimate of drug-likeness (QED) is 0.390. The van der Waals surface area contributed by atoms with Crippen molar-refractivity contribution in [3.63, 3.8) is 0 Å². The third-order valence-corrected chi connectivity index (χ3v) is 3.63. The number of aryl methyl sites for hydroxylation is 1. The van der Waals surface area contributed by atoms with Crippen LogP contribution in [-0.4, -0.2) is 42.4 Å². The number of nitrogens with zero attached hydrogens (tertiary/aromatic N) is 3. The summed E-state index contributed by atoms with van der Waals surface area (Å²) >= 11 is 0. The molecular weight excluding hydrogens is 441 g/mol. The molecule has 0 atom stereocenters. The van der Waals surface area contributed by atoms with Gasteiger partial charge in [-0.1, -0.05) is 36.4 Å². The Morgan fingerprint density at radius 2 is 1.88 bits per heavy atom. The summed E-state index contributed by atoms with van der Waals surface area (Å²) in [7, 11) is 3.71. The minimum Gasteiger partial charge on any atom is -0.356 e. The average molecular weight is 467 g/mol. The van der Waals surface area contributed by atoms with Crippen molar-refractivity contribution in [3.05, 3.63) is 59.8 Å². The predicted octanol–water partition coefficient (Wildman–Crippen LogP) is 3.04. The third-order valence-electron chi connectivity index (χ3n) is 3.63. The summed E-state index contributed by atoms with van der Waals surface area (Å²) in [5.41, 5.74) is 2.08. The van der Waals surface area contributed by atoms with Crippen LogP contribution in [0, 0.1) is 6.92 Å². The van der Waals surface area contributed by atoms with Gasteiger partial charge in [-0.3, -0.25) is 9.79 Å². The first kappa shape index (κ1) is 21.9. The fourth-order valence-electron chi connectivity index (χ4n) is 2.42. The Kier molecular flexibility index (Phi) is 9.64. The molecule has 0 aliphatic heterocycles. The molecule has 0 bridgehead atoms. The number of hydrogen-bond acceptors (Lipinski definition) is 3. The van der Waals surface area contributed by atoms with Crippen LogP contribution < -0.4 is 10.6 Å². The first-order chi connectivity index (χ1) is 12.1. The van der Waals surface area contributed by atoms with Crippen molar-refractivity contribution in [1.29, 1.82) is 0 Å². The zero-order valence-corrected chi connectivity index (χ0v) is 17.7. The minimum absolute atomic E-state index is 0. The number of guanidine groups is 1. The van der Waals surface area contributed by atoms with E-state index in [1.54, 1.807) is 13.1 Å². The topological polar surface area (TPSA) is 69.6 Å². The van der Waals surface area contributed by atoms with Gasteiger partial charge in [-0.05, 0) is 24.6 Å². The summed E-state index contributed by atoms with van der Waals surface area (Å²) < 4.78 is 0. The Balaban J connectivity index is 0.00000338. The van der Waals surface area contributed by atoms with E-state index < -0.39 is 0 Å². The number of halogens is 1. The normalized spacial score (nSPS) is 10.7. The molecule has 140 valence electrons. The maximum absolute atomic E-state index is 12.0. The van der Waals surface area contributed by atoms with E-state index in [0.717, 1.165) is 18.2 Å². The van der Waals surface area contributed by atoms with Gasteiger partial charge < -0.3 is 15.5 Å². The lowest BCUT2D eigenvalue weighted by Gasteiger charge is -2.22. The van der Waals surface area contributed by atoms with Gasteiger partial charge in [0.1, 0.15) is 5.82 Å². The van der Waals surface area contributed by atoms with Crippen LogP contribution >= 0.6 is 24.0 Å². The molecule has 0 aliphatic carbocycles. The number of carbonyl (C=O) groups is 1. The van der Waals surface area contributed by atoms with Crippen LogP contribution in [0.4, 0.5) is 5.82 Å². The second-order valence-corrected chi connectivity index (χ2v) is 5.78. The Morgan fingerprint density at radius 3 is 2.54 bits per heavy atom. The van der Waals surface area contributed by atoms with Crippen LogP contribution in [0.15, 0.2) is 53.5 Å². The van der Waals surface area contributed by atoms with Gasteiger partial charge in [0.15, 0.2) is 5.96 Å². The van der Waals surface area contributed by atoms with Gasteiger partial charge in [-0.2, -0.15) is 0 Å². The summed E-state index contributed by atoms with van der Waals surface area (Å²) in [6, 6.07) is 15.7. The lowest BCUT2D eigenvalue weighted by atomic mass is 10.2. The third kappa shape index (κ3) is 7.38. The number of rotatable bonds is 6. The molecule has 0 fully saturated rings. The zero-order chi connectivity index (χ0) is 18.1. The Labute approximate surface area is 172 Å². The summed E-state index contributed by atoms with van der Waals surface area (Å²) in [4.78, 5) is 22.6. The van der Waals surface area contributed by atoms with Gasteiger partial charge in [0.05, 0.1) is 0 Å². The molecule has 1 aromatic heterocycles. The average Bonchev–Trinajstić information content (AvgIpc) is 2.59. The largest absolute Gasteiger partial charge is 0.356 e. The van der Waals surface area contributed by atoms with E-state index >= 15 is 0 Å². The predicted molar refractivity (Wildman–Crippen MR) is 117 cm³/mol. The van der Waals surface area contributed by atoms with Gasteiger partial charge in [0.2, 0.25) is 5.91 Å². The molecule has 7 heteroatoms. The molecular formula is C19H26IN5O. The summed E-state index contributed by atoms with van der Waals surface area (Å²) in [6.07, 6.45) is 0.341. The monoisotopic (exact) mass is 467 g/mol. The van der Waals surface area contributed by atoms with Crippen LogP contribution in [0.5, 0.6) is 0 Å². The molecule has 1 amide bonds. The van der Waals surface area contributed by atoms with Crippen LogP contribution in [0.2, 0.25) is 0 Å². The standard InChI is InChI=1S/C19H25N5O.HI/c1-15-8-7-11-17(22-15)23-18(25)12-13-21-19(20-2)24(3)14-16-9-5-4-6-10-16;/h4-11H,12-14H2,1-3H3,(H,20,21)(H,22,23,25);1H. The second-order valence-electron chi connectivity index (χ2n) is 5.78. The highest BCUT2D eigenvalue weighted by Gasteiger charge is 2.08. The molecule has 0 radical (unpaired) electrons. The number of aromatic nitrogens is 1. The molecule has 2 aromatic rings. The number of carbonyl (C=O) groups excluding carboxylic acids is 1. The van der Waals surface area contributed by atoms with Gasteiger partial charge in [0.25, 0.3) is 0 Å². The molecule has 6 nitrogen and oxygen atoms in total. The van der Waals surface area contributed by atoms with E-state index in [4.69, 9.17) is 0 Å². The molecule has 1 heterocycles. The second kappa shape index (κ2) is 11.5. The molecule has 0 spiro atoms. The fourth-order valence-corrected chi connectivity index (χ4v) is 2.42. The maximum Gasteiger partial charge on any atom is 0.227 e. The molecule has 0 unspecified atom stereocenters. The lowest BCUT2D eigenvalue weighted by Crippen LogP contribution is -2.39. The van der Waals surface area contributed by atoms with Gasteiger partial charge in [-0.15, -0.1) is 24.0 Å². The number of hydrogen-bond donors (Lipinski definition) is 2. The highest BCUT2D eigenvalue weighted by molar-refractivity contribution is 14.0. The summed E-state index contributed by atoms with van der Waals surface area (Å²) in [5.74, 6) is 1.26. The smallest absolute Gasteiger partial charge is 0.227 e. The zero-order valence-electron chi connectivity index (χ0n) is 15.4. The molecule has 0 saturated carbocycles. The highest BCUT2D eigenvalue weighted by Crippen LogP contribution is 2.05. The number of benzene rings is 1. The first-order valence-corrected chi connectivity index (χ1v) is 8.27. The van der Waals surface area contributed by atoms with E-state index in [1.807, 2.05) is 49.2 Å². The van der Waals surface area contributed by atoms with E-state index in [-0.39, 0.29) is 29.9 Å². The van der Waals surface area contributed by atoms with Gasteiger partial charge in [-0.25, -0.2) is 4.98 Å². The molecule has 2 N–H and O–H groups in total. The number of anilines is 1. The van der Waals surface area contributed by atoms with Crippen molar-refractivity contribution in [2.75, 3.05) is 26.0 Å². The SMILES string of the molecule is CN=C(NCCC(=O)Nc1cccc(C)n1)N(C)Cc1ccccc1.I. The molecule has 0 saturated heterocycles. The van der Waals surface area contributed by atoms with Crippen LogP contribution in [0.25, 0.3) is 0 Å². The minimum atomic E-state index is -0.0771. The van der Waals surface area contributed by atoms with Crippen molar-refractivity contribution >= 4 is 41.7 Å². The summed E-state index contributed by atoms with van der Waals surface area (Å²) in [6.45, 7) is 3.15.